The number of hydrogen-bond acceptors (Lipinski definition) is 4. The molecular weight excluding hydrogens is 482 g/mol. The molecule has 5 nitrogen and oxygen atoms in total. The first-order chi connectivity index (χ1) is 16.1. The van der Waals surface area contributed by atoms with Crippen LogP contribution in [0.25, 0.3) is 33.3 Å². The van der Waals surface area contributed by atoms with E-state index < -0.39 is 5.63 Å². The number of anilines is 1. The lowest BCUT2D eigenvalue weighted by atomic mass is 10.0. The number of benzene rings is 3. The number of furan rings is 1. The molecule has 0 saturated heterocycles. The second-order valence-electron chi connectivity index (χ2n) is 8.19. The monoisotopic (exact) mass is 499 g/mol. The summed E-state index contributed by atoms with van der Waals surface area (Å²) in [5, 5.41) is 4.59. The summed E-state index contributed by atoms with van der Waals surface area (Å²) >= 11 is 3.45. The predicted octanol–water partition coefficient (Wildman–Crippen LogP) is 6.71. The quantitative estimate of drug-likeness (QED) is 0.280. The van der Waals surface area contributed by atoms with E-state index in [-0.39, 0.29) is 5.91 Å². The molecule has 33 heavy (non-hydrogen) atoms. The first-order valence-electron chi connectivity index (χ1n) is 10.8. The third-order valence-electron chi connectivity index (χ3n) is 6.15. The molecule has 0 atom stereocenters. The van der Waals surface area contributed by atoms with Crippen molar-refractivity contribution in [3.8, 4) is 11.3 Å². The van der Waals surface area contributed by atoms with Crippen LogP contribution in [0.5, 0.6) is 0 Å². The van der Waals surface area contributed by atoms with Crippen LogP contribution >= 0.6 is 15.9 Å². The normalized spacial score (nSPS) is 12.9. The largest absolute Gasteiger partial charge is 0.454 e. The number of halogens is 1. The Labute approximate surface area is 197 Å². The maximum absolute atomic E-state index is 13.2. The van der Waals surface area contributed by atoms with E-state index in [1.54, 1.807) is 6.07 Å². The standard InChI is InChI=1S/C27H18BrNO4/c28-21-10-3-1-8-17(21)27(31)29-25-18-9-2-4-11-22(18)33-26(25)20-14-24(30)32-23-13-16-7-5-6-15(16)12-19(20)23/h1-4,8-14H,5-7H2,(H,29,31). The van der Waals surface area contributed by atoms with Gasteiger partial charge < -0.3 is 14.2 Å². The molecule has 1 aliphatic rings. The maximum Gasteiger partial charge on any atom is 0.336 e. The van der Waals surface area contributed by atoms with Gasteiger partial charge in [0, 0.05) is 26.9 Å². The van der Waals surface area contributed by atoms with Crippen LogP contribution in [-0.4, -0.2) is 5.91 Å². The zero-order valence-corrected chi connectivity index (χ0v) is 19.1. The van der Waals surface area contributed by atoms with Crippen LogP contribution in [0, 0.1) is 0 Å². The molecule has 3 aromatic carbocycles. The summed E-state index contributed by atoms with van der Waals surface area (Å²) in [4.78, 5) is 25.7. The maximum atomic E-state index is 13.2. The molecule has 5 aromatic rings. The number of para-hydroxylation sites is 1. The molecule has 6 heteroatoms. The van der Waals surface area contributed by atoms with E-state index in [4.69, 9.17) is 8.83 Å². The molecule has 0 fully saturated rings. The van der Waals surface area contributed by atoms with Crippen LogP contribution in [0.2, 0.25) is 0 Å². The average Bonchev–Trinajstić information content (AvgIpc) is 3.41. The number of aryl methyl sites for hydroxylation is 2. The van der Waals surface area contributed by atoms with Crippen molar-refractivity contribution < 1.29 is 13.6 Å². The van der Waals surface area contributed by atoms with Crippen molar-refractivity contribution in [3.63, 3.8) is 0 Å². The van der Waals surface area contributed by atoms with E-state index >= 15 is 0 Å². The Balaban J connectivity index is 1.58. The van der Waals surface area contributed by atoms with Crippen molar-refractivity contribution in [2.24, 2.45) is 0 Å². The number of amides is 1. The van der Waals surface area contributed by atoms with Crippen LogP contribution in [-0.2, 0) is 12.8 Å². The molecular formula is C27H18BrNO4. The predicted molar refractivity (Wildman–Crippen MR) is 132 cm³/mol. The topological polar surface area (TPSA) is 72.5 Å². The number of carbonyl (C=O) groups excluding carboxylic acids is 1. The Morgan fingerprint density at radius 3 is 2.45 bits per heavy atom. The van der Waals surface area contributed by atoms with Gasteiger partial charge in [0.25, 0.3) is 5.91 Å². The molecule has 0 bridgehead atoms. The first-order valence-corrected chi connectivity index (χ1v) is 11.6. The molecule has 1 amide bonds. The van der Waals surface area contributed by atoms with Gasteiger partial charge in [-0.25, -0.2) is 4.79 Å². The van der Waals surface area contributed by atoms with Gasteiger partial charge in [-0.05, 0) is 82.7 Å². The van der Waals surface area contributed by atoms with E-state index in [9.17, 15) is 9.59 Å². The van der Waals surface area contributed by atoms with Crippen LogP contribution in [0.4, 0.5) is 5.69 Å². The lowest BCUT2D eigenvalue weighted by Gasteiger charge is -2.10. The van der Waals surface area contributed by atoms with E-state index in [1.807, 2.05) is 48.5 Å². The first kappa shape index (κ1) is 20.0. The molecule has 6 rings (SSSR count). The minimum atomic E-state index is -0.459. The number of rotatable bonds is 3. The van der Waals surface area contributed by atoms with Crippen LogP contribution in [0.3, 0.4) is 0 Å². The zero-order valence-electron chi connectivity index (χ0n) is 17.5. The van der Waals surface area contributed by atoms with Crippen molar-refractivity contribution in [2.45, 2.75) is 19.3 Å². The number of carbonyl (C=O) groups is 1. The summed E-state index contributed by atoms with van der Waals surface area (Å²) < 4.78 is 12.5. The van der Waals surface area contributed by atoms with Crippen LogP contribution in [0.1, 0.15) is 27.9 Å². The third-order valence-corrected chi connectivity index (χ3v) is 6.85. The lowest BCUT2D eigenvalue weighted by molar-refractivity contribution is 0.102. The minimum Gasteiger partial charge on any atom is -0.454 e. The minimum absolute atomic E-state index is 0.275. The Bertz CT molecular complexity index is 1630. The van der Waals surface area contributed by atoms with Gasteiger partial charge in [-0.3, -0.25) is 4.79 Å². The summed E-state index contributed by atoms with van der Waals surface area (Å²) in [6, 6.07) is 20.2. The lowest BCUT2D eigenvalue weighted by Crippen LogP contribution is -2.13. The van der Waals surface area contributed by atoms with Crippen molar-refractivity contribution >= 4 is 49.5 Å². The molecule has 0 aliphatic heterocycles. The molecule has 162 valence electrons. The summed E-state index contributed by atoms with van der Waals surface area (Å²) in [7, 11) is 0. The Kier molecular flexibility index (Phi) is 4.69. The fourth-order valence-electron chi connectivity index (χ4n) is 4.60. The van der Waals surface area contributed by atoms with Gasteiger partial charge in [0.1, 0.15) is 11.2 Å². The highest BCUT2D eigenvalue weighted by molar-refractivity contribution is 9.10. The van der Waals surface area contributed by atoms with Gasteiger partial charge in [0.05, 0.1) is 11.3 Å². The van der Waals surface area contributed by atoms with Gasteiger partial charge in [0.15, 0.2) is 5.76 Å². The second-order valence-corrected chi connectivity index (χ2v) is 9.04. The molecule has 1 N–H and O–H groups in total. The summed E-state index contributed by atoms with van der Waals surface area (Å²) in [5.74, 6) is 0.163. The Morgan fingerprint density at radius 1 is 0.848 bits per heavy atom. The van der Waals surface area contributed by atoms with Gasteiger partial charge >= 0.3 is 5.63 Å². The summed E-state index contributed by atoms with van der Waals surface area (Å²) in [6.45, 7) is 0. The van der Waals surface area contributed by atoms with E-state index in [0.717, 1.165) is 30.0 Å². The van der Waals surface area contributed by atoms with Gasteiger partial charge in [-0.15, -0.1) is 0 Å². The number of hydrogen-bond donors (Lipinski definition) is 1. The number of fused-ring (bicyclic) bond motifs is 3. The third kappa shape index (κ3) is 3.38. The Hall–Kier alpha value is -3.64. The molecule has 1 aliphatic carbocycles. The van der Waals surface area contributed by atoms with E-state index in [0.29, 0.717) is 38.2 Å². The van der Waals surface area contributed by atoms with Gasteiger partial charge in [-0.1, -0.05) is 24.3 Å². The number of nitrogens with one attached hydrogen (secondary N) is 1. The second kappa shape index (κ2) is 7.74. The Morgan fingerprint density at radius 2 is 1.61 bits per heavy atom. The highest BCUT2D eigenvalue weighted by Gasteiger charge is 2.23. The van der Waals surface area contributed by atoms with Crippen molar-refractivity contribution in [1.82, 2.24) is 0 Å². The van der Waals surface area contributed by atoms with Crippen molar-refractivity contribution in [2.75, 3.05) is 5.32 Å². The molecule has 0 radical (unpaired) electrons. The highest BCUT2D eigenvalue weighted by atomic mass is 79.9. The van der Waals surface area contributed by atoms with Crippen molar-refractivity contribution in [3.05, 3.63) is 98.3 Å². The van der Waals surface area contributed by atoms with Crippen LogP contribution < -0.4 is 10.9 Å². The molecule has 0 spiro atoms. The zero-order chi connectivity index (χ0) is 22.5. The SMILES string of the molecule is O=C(Nc1c(-c2cc(=O)oc3cc4c(cc23)CCC4)oc2ccccc12)c1ccccc1Br. The van der Waals surface area contributed by atoms with Crippen molar-refractivity contribution in [1.29, 1.82) is 0 Å². The summed E-state index contributed by atoms with van der Waals surface area (Å²) in [5.41, 5.74) is 4.80. The highest BCUT2D eigenvalue weighted by Crippen LogP contribution is 2.41. The smallest absolute Gasteiger partial charge is 0.336 e. The van der Waals surface area contributed by atoms with Crippen LogP contribution in [0.15, 0.2) is 84.8 Å². The van der Waals surface area contributed by atoms with E-state index in [2.05, 4.69) is 27.3 Å². The fraction of sp³-hybridized carbons (Fsp3) is 0.111. The van der Waals surface area contributed by atoms with E-state index in [1.165, 1.54) is 17.2 Å². The molecule has 2 heterocycles. The summed E-state index contributed by atoms with van der Waals surface area (Å²) in [6.07, 6.45) is 3.07. The average molecular weight is 500 g/mol. The molecule has 2 aromatic heterocycles. The van der Waals surface area contributed by atoms with Gasteiger partial charge in [0.2, 0.25) is 0 Å². The molecule has 0 saturated carbocycles. The van der Waals surface area contributed by atoms with Gasteiger partial charge in [-0.2, -0.15) is 0 Å². The fourth-order valence-corrected chi connectivity index (χ4v) is 5.07. The molecule has 0 unspecified atom stereocenters.